The topological polar surface area (TPSA) is 73.3 Å². The molecule has 2 aromatic carbocycles. The maximum Gasteiger partial charge on any atom is 0.261 e. The number of hydrogen-bond acceptors (Lipinski definition) is 5. The average molecular weight is 454 g/mol. The van der Waals surface area contributed by atoms with Crippen LogP contribution in [0.4, 0.5) is 5.69 Å². The van der Waals surface area contributed by atoms with Gasteiger partial charge >= 0.3 is 0 Å². The van der Waals surface area contributed by atoms with E-state index < -0.39 is 0 Å². The summed E-state index contributed by atoms with van der Waals surface area (Å²) in [6.45, 7) is 6.02. The zero-order valence-electron chi connectivity index (χ0n) is 19.9. The van der Waals surface area contributed by atoms with Gasteiger partial charge in [0.2, 0.25) is 5.91 Å². The van der Waals surface area contributed by atoms with Crippen LogP contribution >= 0.6 is 0 Å². The predicted molar refractivity (Wildman–Crippen MR) is 130 cm³/mol. The number of aromatic hydroxyl groups is 1. The monoisotopic (exact) mass is 453 g/mol. The molecule has 2 aromatic rings. The largest absolute Gasteiger partial charge is 0.507 e. The number of aryl methyl sites for hydroxylation is 1. The lowest BCUT2D eigenvalue weighted by molar-refractivity contribution is -0.132. The fourth-order valence-corrected chi connectivity index (χ4v) is 3.91. The van der Waals surface area contributed by atoms with E-state index in [1.165, 1.54) is 11.0 Å². The SMILES string of the molecule is Cc1ccc(N(C)C(=O)c2ccccc2O)c(OCCCCCC(=O)N2CCN(C)CC2)c1. The molecule has 178 valence electrons. The number of phenolic OH excluding ortho intramolecular Hbond substituents is 1. The second-order valence-electron chi connectivity index (χ2n) is 8.70. The lowest BCUT2D eigenvalue weighted by Gasteiger charge is -2.32. The number of carbonyl (C=O) groups excluding carboxylic acids is 2. The Kier molecular flexibility index (Phi) is 8.72. The van der Waals surface area contributed by atoms with Crippen molar-refractivity contribution in [3.8, 4) is 11.5 Å². The van der Waals surface area contributed by atoms with Crippen molar-refractivity contribution in [3.63, 3.8) is 0 Å². The maximum absolute atomic E-state index is 12.9. The Bertz CT molecular complexity index is 954. The molecular weight excluding hydrogens is 418 g/mol. The van der Waals surface area contributed by atoms with Crippen molar-refractivity contribution in [1.82, 2.24) is 9.80 Å². The minimum absolute atomic E-state index is 0.0462. The third-order valence-corrected chi connectivity index (χ3v) is 6.06. The summed E-state index contributed by atoms with van der Waals surface area (Å²) in [5, 5.41) is 10.0. The van der Waals surface area contributed by atoms with E-state index in [9.17, 15) is 14.7 Å². The van der Waals surface area contributed by atoms with Gasteiger partial charge in [0.1, 0.15) is 11.5 Å². The molecule has 0 radical (unpaired) electrons. The number of anilines is 1. The number of ether oxygens (including phenoxy) is 1. The van der Waals surface area contributed by atoms with Crippen LogP contribution < -0.4 is 9.64 Å². The number of phenols is 1. The Morgan fingerprint density at radius 3 is 2.48 bits per heavy atom. The molecule has 2 amide bonds. The van der Waals surface area contributed by atoms with E-state index in [0.717, 1.165) is 51.0 Å². The number of unbranched alkanes of at least 4 members (excludes halogenated alkanes) is 2. The summed E-state index contributed by atoms with van der Waals surface area (Å²) in [7, 11) is 3.76. The third kappa shape index (κ3) is 6.71. The van der Waals surface area contributed by atoms with Gasteiger partial charge in [-0.25, -0.2) is 0 Å². The van der Waals surface area contributed by atoms with Crippen LogP contribution in [-0.2, 0) is 4.79 Å². The number of likely N-dealkylation sites (N-methyl/N-ethyl adjacent to an activating group) is 1. The minimum atomic E-state index is -0.302. The van der Waals surface area contributed by atoms with Crippen molar-refractivity contribution in [2.75, 3.05) is 51.8 Å². The number of amides is 2. The molecule has 0 bridgehead atoms. The van der Waals surface area contributed by atoms with Crippen molar-refractivity contribution in [1.29, 1.82) is 0 Å². The van der Waals surface area contributed by atoms with Gasteiger partial charge in [-0.3, -0.25) is 9.59 Å². The third-order valence-electron chi connectivity index (χ3n) is 6.06. The zero-order valence-corrected chi connectivity index (χ0v) is 19.9. The molecule has 1 heterocycles. The zero-order chi connectivity index (χ0) is 23.8. The van der Waals surface area contributed by atoms with Gasteiger partial charge in [-0.2, -0.15) is 0 Å². The van der Waals surface area contributed by atoms with Gasteiger partial charge in [-0.05, 0) is 63.1 Å². The second-order valence-corrected chi connectivity index (χ2v) is 8.70. The molecule has 0 saturated carbocycles. The highest BCUT2D eigenvalue weighted by atomic mass is 16.5. The summed E-state index contributed by atoms with van der Waals surface area (Å²) in [4.78, 5) is 31.0. The highest BCUT2D eigenvalue weighted by Crippen LogP contribution is 2.31. The molecule has 7 heteroatoms. The van der Waals surface area contributed by atoms with Crippen LogP contribution in [0.3, 0.4) is 0 Å². The van der Waals surface area contributed by atoms with E-state index in [0.29, 0.717) is 24.5 Å². The maximum atomic E-state index is 12.9. The first-order valence-corrected chi connectivity index (χ1v) is 11.6. The van der Waals surface area contributed by atoms with E-state index in [4.69, 9.17) is 4.74 Å². The molecule has 0 spiro atoms. The summed E-state index contributed by atoms with van der Waals surface area (Å²) >= 11 is 0. The summed E-state index contributed by atoms with van der Waals surface area (Å²) < 4.78 is 6.03. The number of carbonyl (C=O) groups is 2. The molecule has 1 N–H and O–H groups in total. The highest BCUT2D eigenvalue weighted by Gasteiger charge is 2.20. The van der Waals surface area contributed by atoms with Crippen molar-refractivity contribution < 1.29 is 19.4 Å². The van der Waals surface area contributed by atoms with E-state index in [-0.39, 0.29) is 23.1 Å². The Morgan fingerprint density at radius 1 is 1.03 bits per heavy atom. The van der Waals surface area contributed by atoms with Gasteiger partial charge in [0.15, 0.2) is 0 Å². The smallest absolute Gasteiger partial charge is 0.261 e. The van der Waals surface area contributed by atoms with Crippen molar-refractivity contribution in [2.45, 2.75) is 32.6 Å². The Morgan fingerprint density at radius 2 is 1.76 bits per heavy atom. The molecule has 1 aliphatic heterocycles. The van der Waals surface area contributed by atoms with E-state index in [2.05, 4.69) is 11.9 Å². The molecule has 1 fully saturated rings. The lowest BCUT2D eigenvalue weighted by Crippen LogP contribution is -2.47. The van der Waals surface area contributed by atoms with Crippen LogP contribution in [0.5, 0.6) is 11.5 Å². The van der Waals surface area contributed by atoms with Gasteiger partial charge in [0, 0.05) is 39.6 Å². The van der Waals surface area contributed by atoms with Gasteiger partial charge in [0.25, 0.3) is 5.91 Å². The second kappa shape index (κ2) is 11.7. The first-order chi connectivity index (χ1) is 15.9. The van der Waals surface area contributed by atoms with E-state index in [1.807, 2.05) is 30.0 Å². The normalized spacial score (nSPS) is 14.2. The molecule has 0 atom stereocenters. The fraction of sp³-hybridized carbons (Fsp3) is 0.462. The molecule has 1 saturated heterocycles. The Labute approximate surface area is 196 Å². The lowest BCUT2D eigenvalue weighted by atomic mass is 10.1. The molecule has 1 aliphatic rings. The highest BCUT2D eigenvalue weighted by molar-refractivity contribution is 6.08. The fourth-order valence-electron chi connectivity index (χ4n) is 3.91. The van der Waals surface area contributed by atoms with Crippen molar-refractivity contribution >= 4 is 17.5 Å². The summed E-state index contributed by atoms with van der Waals surface area (Å²) in [5.74, 6) is 0.531. The molecule has 0 unspecified atom stereocenters. The summed E-state index contributed by atoms with van der Waals surface area (Å²) in [6.07, 6.45) is 3.17. The number of para-hydroxylation sites is 1. The molecule has 7 nitrogen and oxygen atoms in total. The molecule has 0 aromatic heterocycles. The molecule has 3 rings (SSSR count). The van der Waals surface area contributed by atoms with Gasteiger partial charge in [0.05, 0.1) is 17.9 Å². The van der Waals surface area contributed by atoms with Crippen molar-refractivity contribution in [3.05, 3.63) is 53.6 Å². The minimum Gasteiger partial charge on any atom is -0.507 e. The number of rotatable bonds is 9. The van der Waals surface area contributed by atoms with Crippen LogP contribution in [0.1, 0.15) is 41.6 Å². The standard InChI is InChI=1S/C26H35N3O4/c1-20-12-13-22(28(3)26(32)21-9-6-7-10-23(21)30)24(19-20)33-18-8-4-5-11-25(31)29-16-14-27(2)15-17-29/h6-7,9-10,12-13,19,30H,4-5,8,11,14-18H2,1-3H3. The first kappa shape index (κ1) is 24.6. The van der Waals surface area contributed by atoms with Gasteiger partial charge in [-0.1, -0.05) is 18.2 Å². The summed E-state index contributed by atoms with van der Waals surface area (Å²) in [6, 6.07) is 12.2. The Balaban J connectivity index is 1.49. The van der Waals surface area contributed by atoms with Crippen LogP contribution in [0.25, 0.3) is 0 Å². The number of nitrogens with zero attached hydrogens (tertiary/aromatic N) is 3. The number of benzene rings is 2. The van der Waals surface area contributed by atoms with Crippen molar-refractivity contribution in [2.24, 2.45) is 0 Å². The molecule has 33 heavy (non-hydrogen) atoms. The van der Waals surface area contributed by atoms with Gasteiger partial charge < -0.3 is 24.5 Å². The molecular formula is C26H35N3O4. The first-order valence-electron chi connectivity index (χ1n) is 11.6. The molecule has 0 aliphatic carbocycles. The van der Waals surface area contributed by atoms with Crippen LogP contribution in [0.15, 0.2) is 42.5 Å². The number of piperazine rings is 1. The Hall–Kier alpha value is -3.06. The predicted octanol–water partition coefficient (Wildman–Crippen LogP) is 3.69. The van der Waals surface area contributed by atoms with Crippen LogP contribution in [-0.4, -0.2) is 73.6 Å². The average Bonchev–Trinajstić information content (AvgIpc) is 2.81. The van der Waals surface area contributed by atoms with Crippen LogP contribution in [0.2, 0.25) is 0 Å². The quantitative estimate of drug-likeness (QED) is 0.586. The summed E-state index contributed by atoms with van der Waals surface area (Å²) in [5.41, 5.74) is 1.94. The van der Waals surface area contributed by atoms with E-state index >= 15 is 0 Å². The van der Waals surface area contributed by atoms with E-state index in [1.54, 1.807) is 25.2 Å². The van der Waals surface area contributed by atoms with Gasteiger partial charge in [-0.15, -0.1) is 0 Å². The number of hydrogen-bond donors (Lipinski definition) is 1. The van der Waals surface area contributed by atoms with Crippen LogP contribution in [0, 0.1) is 6.92 Å².